The van der Waals surface area contributed by atoms with Gasteiger partial charge in [-0.05, 0) is 11.0 Å². The summed E-state index contributed by atoms with van der Waals surface area (Å²) in [6.07, 6.45) is 0.532. The lowest BCUT2D eigenvalue weighted by atomic mass is 9.85. The van der Waals surface area contributed by atoms with Crippen LogP contribution >= 0.6 is 11.3 Å². The van der Waals surface area contributed by atoms with Gasteiger partial charge in [-0.25, -0.2) is 4.98 Å². The molecule has 0 saturated carbocycles. The molecule has 1 atom stereocenters. The van der Waals surface area contributed by atoms with Gasteiger partial charge in [-0.2, -0.15) is 0 Å². The minimum Gasteiger partial charge on any atom is -0.461 e. The van der Waals surface area contributed by atoms with Crippen molar-refractivity contribution in [3.63, 3.8) is 0 Å². The van der Waals surface area contributed by atoms with Crippen LogP contribution < -0.4 is 5.32 Å². The monoisotopic (exact) mass is 388 g/mol. The van der Waals surface area contributed by atoms with Crippen molar-refractivity contribution < 1.29 is 14.3 Å². The molecule has 0 radical (unpaired) electrons. The van der Waals surface area contributed by atoms with E-state index in [-0.39, 0.29) is 35.7 Å². The molecule has 1 aromatic carbocycles. The maximum Gasteiger partial charge on any atom is 0.312 e. The van der Waals surface area contributed by atoms with E-state index in [1.165, 1.54) is 11.3 Å². The maximum absolute atomic E-state index is 12.5. The number of ether oxygens (including phenoxy) is 1. The lowest BCUT2D eigenvalue weighted by Gasteiger charge is -2.30. The Kier molecular flexibility index (Phi) is 7.13. The predicted molar refractivity (Wildman–Crippen MR) is 109 cm³/mol. The minimum atomic E-state index is -0.308. The number of nitrogens with zero attached hydrogens (tertiary/aromatic N) is 1. The molecule has 2 rings (SSSR count). The average Bonchev–Trinajstić information content (AvgIpc) is 3.01. The Morgan fingerprint density at radius 2 is 1.85 bits per heavy atom. The van der Waals surface area contributed by atoms with Crippen LogP contribution in [0, 0.1) is 11.3 Å². The predicted octanol–water partition coefficient (Wildman–Crippen LogP) is 4.48. The molecule has 1 aromatic heterocycles. The fourth-order valence-electron chi connectivity index (χ4n) is 2.40. The molecule has 0 aliphatic rings. The lowest BCUT2D eigenvalue weighted by Crippen LogP contribution is -2.34. The largest absolute Gasteiger partial charge is 0.461 e. The smallest absolute Gasteiger partial charge is 0.312 e. The highest BCUT2D eigenvalue weighted by atomic mass is 32.1. The number of carbonyl (C=O) groups is 2. The number of thiazole rings is 1. The van der Waals surface area contributed by atoms with Crippen LogP contribution in [0.25, 0.3) is 0 Å². The number of esters is 1. The topological polar surface area (TPSA) is 68.3 Å². The molecule has 5 nitrogen and oxygen atoms in total. The van der Waals surface area contributed by atoms with Gasteiger partial charge in [0.2, 0.25) is 5.91 Å². The van der Waals surface area contributed by atoms with E-state index in [4.69, 9.17) is 4.74 Å². The van der Waals surface area contributed by atoms with Gasteiger partial charge in [0.15, 0.2) is 5.13 Å². The zero-order valence-corrected chi connectivity index (χ0v) is 17.4. The summed E-state index contributed by atoms with van der Waals surface area (Å²) in [5, 5.41) is 5.03. The molecule has 0 saturated heterocycles. The van der Waals surface area contributed by atoms with Gasteiger partial charge < -0.3 is 10.1 Å². The van der Waals surface area contributed by atoms with Gasteiger partial charge in [-0.3, -0.25) is 9.59 Å². The molecule has 2 aromatic rings. The summed E-state index contributed by atoms with van der Waals surface area (Å²) >= 11 is 1.31. The van der Waals surface area contributed by atoms with Crippen molar-refractivity contribution in [1.29, 1.82) is 0 Å². The number of hydrogen-bond donors (Lipinski definition) is 1. The number of nitrogens with one attached hydrogen (secondary N) is 1. The Morgan fingerprint density at radius 3 is 2.44 bits per heavy atom. The molecule has 1 heterocycles. The molecule has 27 heavy (non-hydrogen) atoms. The van der Waals surface area contributed by atoms with Crippen molar-refractivity contribution in [3.05, 3.63) is 47.0 Å². The molecule has 0 aliphatic carbocycles. The standard InChI is InChI=1S/C21H28N2O3S/c1-14(2)19(25)23-20-22-16(13-27-20)12-18(24)26-17(21(3,4)5)11-15-9-7-6-8-10-15/h6-10,13-14,17H,11-12H2,1-5H3,(H,22,23,25)/t17-/m1/s1. The van der Waals surface area contributed by atoms with Crippen LogP contribution in [-0.4, -0.2) is 23.0 Å². The van der Waals surface area contributed by atoms with Gasteiger partial charge in [0.1, 0.15) is 6.10 Å². The number of anilines is 1. The van der Waals surface area contributed by atoms with E-state index in [1.54, 1.807) is 5.38 Å². The lowest BCUT2D eigenvalue weighted by molar-refractivity contribution is -0.153. The van der Waals surface area contributed by atoms with E-state index < -0.39 is 0 Å². The second-order valence-corrected chi connectivity index (χ2v) is 8.86. The highest BCUT2D eigenvalue weighted by molar-refractivity contribution is 7.13. The second kappa shape index (κ2) is 9.13. The van der Waals surface area contributed by atoms with Crippen LogP contribution in [0.4, 0.5) is 5.13 Å². The van der Waals surface area contributed by atoms with E-state index >= 15 is 0 Å². The highest BCUT2D eigenvalue weighted by Gasteiger charge is 2.29. The summed E-state index contributed by atoms with van der Waals surface area (Å²) in [5.74, 6) is -0.514. The summed E-state index contributed by atoms with van der Waals surface area (Å²) in [6.45, 7) is 9.84. The fraction of sp³-hybridized carbons (Fsp3) is 0.476. The van der Waals surface area contributed by atoms with Crippen molar-refractivity contribution in [2.75, 3.05) is 5.32 Å². The zero-order chi connectivity index (χ0) is 20.0. The van der Waals surface area contributed by atoms with Gasteiger partial charge in [-0.15, -0.1) is 11.3 Å². The van der Waals surface area contributed by atoms with Crippen LogP contribution in [0.5, 0.6) is 0 Å². The Balaban J connectivity index is 1.97. The fourth-order valence-corrected chi connectivity index (χ4v) is 3.11. The highest BCUT2D eigenvalue weighted by Crippen LogP contribution is 2.26. The Labute approximate surface area is 165 Å². The van der Waals surface area contributed by atoms with Crippen LogP contribution in [-0.2, 0) is 27.2 Å². The van der Waals surface area contributed by atoms with Crippen molar-refractivity contribution in [2.45, 2.75) is 53.6 Å². The molecule has 1 amide bonds. The second-order valence-electron chi connectivity index (χ2n) is 8.00. The third kappa shape index (κ3) is 6.79. The molecule has 6 heteroatoms. The number of hydrogen-bond acceptors (Lipinski definition) is 5. The number of aromatic nitrogens is 1. The summed E-state index contributed by atoms with van der Waals surface area (Å²) in [7, 11) is 0. The van der Waals surface area contributed by atoms with Crippen LogP contribution in [0.3, 0.4) is 0 Å². The van der Waals surface area contributed by atoms with Gasteiger partial charge in [0.25, 0.3) is 0 Å². The molecule has 0 bridgehead atoms. The molecule has 0 fully saturated rings. The molecule has 0 unspecified atom stereocenters. The quantitative estimate of drug-likeness (QED) is 0.710. The molecular weight excluding hydrogens is 360 g/mol. The summed E-state index contributed by atoms with van der Waals surface area (Å²) < 4.78 is 5.79. The van der Waals surface area contributed by atoms with E-state index in [9.17, 15) is 9.59 Å². The van der Waals surface area contributed by atoms with E-state index in [1.807, 2.05) is 44.2 Å². The first-order valence-corrected chi connectivity index (χ1v) is 10.0. The van der Waals surface area contributed by atoms with E-state index in [0.717, 1.165) is 5.56 Å². The average molecular weight is 389 g/mol. The molecule has 146 valence electrons. The summed E-state index contributed by atoms with van der Waals surface area (Å²) in [5.41, 5.74) is 1.57. The SMILES string of the molecule is CC(C)C(=O)Nc1nc(CC(=O)O[C@H](Cc2ccccc2)C(C)(C)C)cs1. The molecule has 1 N–H and O–H groups in total. The van der Waals surface area contributed by atoms with Crippen molar-refractivity contribution in [2.24, 2.45) is 11.3 Å². The van der Waals surface area contributed by atoms with Gasteiger partial charge in [-0.1, -0.05) is 65.0 Å². The van der Waals surface area contributed by atoms with Gasteiger partial charge in [0, 0.05) is 17.7 Å². The third-order valence-corrected chi connectivity index (χ3v) is 4.94. The number of benzene rings is 1. The minimum absolute atomic E-state index is 0.0888. The molecule has 0 spiro atoms. The number of rotatable bonds is 7. The summed E-state index contributed by atoms with van der Waals surface area (Å²) in [4.78, 5) is 28.5. The van der Waals surface area contributed by atoms with E-state index in [0.29, 0.717) is 17.2 Å². The zero-order valence-electron chi connectivity index (χ0n) is 16.6. The van der Waals surface area contributed by atoms with Gasteiger partial charge >= 0.3 is 5.97 Å². The third-order valence-electron chi connectivity index (χ3n) is 4.14. The Bertz CT molecular complexity index is 763. The molecule has 0 aliphatic heterocycles. The van der Waals surface area contributed by atoms with Crippen LogP contribution in [0.2, 0.25) is 0 Å². The number of amides is 1. The first-order chi connectivity index (χ1) is 12.6. The van der Waals surface area contributed by atoms with Crippen molar-refractivity contribution in [1.82, 2.24) is 4.98 Å². The number of carbonyl (C=O) groups excluding carboxylic acids is 2. The van der Waals surface area contributed by atoms with Crippen LogP contribution in [0.15, 0.2) is 35.7 Å². The molecular formula is C21H28N2O3S. The van der Waals surface area contributed by atoms with E-state index in [2.05, 4.69) is 31.1 Å². The first-order valence-electron chi connectivity index (χ1n) is 9.14. The Hall–Kier alpha value is -2.21. The van der Waals surface area contributed by atoms with Crippen molar-refractivity contribution in [3.8, 4) is 0 Å². The normalized spacial score (nSPS) is 12.7. The van der Waals surface area contributed by atoms with Crippen LogP contribution in [0.1, 0.15) is 45.9 Å². The van der Waals surface area contributed by atoms with Gasteiger partial charge in [0.05, 0.1) is 12.1 Å². The van der Waals surface area contributed by atoms with Crippen molar-refractivity contribution >= 4 is 28.3 Å². The first kappa shape index (κ1) is 21.1. The summed E-state index contributed by atoms with van der Waals surface area (Å²) in [6, 6.07) is 10.0. The maximum atomic E-state index is 12.5. The Morgan fingerprint density at radius 1 is 1.19 bits per heavy atom.